The van der Waals surface area contributed by atoms with Gasteiger partial charge in [-0.1, -0.05) is 17.9 Å². The predicted octanol–water partition coefficient (Wildman–Crippen LogP) is 2.12. The van der Waals surface area contributed by atoms with Crippen molar-refractivity contribution in [2.24, 2.45) is 4.99 Å². The molecule has 328 valence electrons. The number of phosphoric acid groups is 3. The Kier molecular flexibility index (Phi) is 13.4. The lowest BCUT2D eigenvalue weighted by Gasteiger charge is -2.19. The first-order valence-electron chi connectivity index (χ1n) is 17.8. The van der Waals surface area contributed by atoms with Gasteiger partial charge in [-0.25, -0.2) is 23.3 Å². The first-order valence-corrected chi connectivity index (χ1v) is 22.3. The second-order valence-electron chi connectivity index (χ2n) is 13.6. The van der Waals surface area contributed by atoms with E-state index in [0.717, 1.165) is 16.5 Å². The van der Waals surface area contributed by atoms with E-state index in [9.17, 15) is 52.9 Å². The molecule has 1 fully saturated rings. The summed E-state index contributed by atoms with van der Waals surface area (Å²) in [7, 11) is -11.6. The molecule has 6 rings (SSSR count). The zero-order chi connectivity index (χ0) is 45.3. The molecular weight excluding hydrogens is 883 g/mol. The number of carboxylic acid groups (broad SMARTS) is 1. The van der Waals surface area contributed by atoms with Crippen molar-refractivity contribution in [2.75, 3.05) is 39.2 Å². The van der Waals surface area contributed by atoms with Crippen molar-refractivity contribution >= 4 is 52.0 Å². The molecule has 1 aromatic heterocycles. The number of aromatic amines is 1. The van der Waals surface area contributed by atoms with Crippen molar-refractivity contribution in [1.82, 2.24) is 14.9 Å². The molecule has 5 atom stereocenters. The molecule has 62 heavy (non-hydrogen) atoms. The average Bonchev–Trinajstić information content (AvgIpc) is 3.55. The van der Waals surface area contributed by atoms with E-state index in [1.165, 1.54) is 18.2 Å². The first kappa shape index (κ1) is 46.0. The zero-order valence-electron chi connectivity index (χ0n) is 32.4. The van der Waals surface area contributed by atoms with Crippen LogP contribution in [0.15, 0.2) is 79.8 Å². The number of phosphoric ester groups is 1. The summed E-state index contributed by atoms with van der Waals surface area (Å²) in [6.45, 7) is -1.27. The average molecular weight is 920 g/mol. The Morgan fingerprint density at radius 2 is 1.73 bits per heavy atom. The van der Waals surface area contributed by atoms with Gasteiger partial charge in [-0.05, 0) is 42.0 Å². The smallest absolute Gasteiger partial charge is 0.478 e. The topological polar surface area (TPSA) is 339 Å². The summed E-state index contributed by atoms with van der Waals surface area (Å²) in [5, 5.41) is 24.7. The van der Waals surface area contributed by atoms with E-state index in [-0.39, 0.29) is 29.7 Å². The number of aromatic nitrogens is 2. The highest BCUT2D eigenvalue weighted by Crippen LogP contribution is 2.66. The van der Waals surface area contributed by atoms with Gasteiger partial charge in [0.2, 0.25) is 0 Å². The maximum atomic E-state index is 13.2. The van der Waals surface area contributed by atoms with Crippen molar-refractivity contribution in [3.05, 3.63) is 104 Å². The number of fused-ring (bicyclic) bond motifs is 2. The number of H-pyrrole nitrogens is 1. The quantitative estimate of drug-likeness (QED) is 0.0476. The standard InChI is InChI=1S/C36H36N5O18P3/c1-37-21-7-10-25-29(14-21)57-30-15-22(40(2)3)8-11-26(30)31(25)24-9-6-19(13-27(24)35(45)46)32(43)38-12-4-5-20-17-41(36(47)39-33(20)44)34-28(42)16-23(56-34)18-55-61(51,52)59-62(53,54)58-60(48,49)50/h6-11,13-15,17,23,28,34,42H,12,16,18H2,1-3H3,(H,38,43)(H,45,46)(H,51,52)(H,53,54)(H,39,44,47)(H2,48,49,50)/t23-,28+,34+/m0/s1. The molecule has 0 spiro atoms. The van der Waals surface area contributed by atoms with Gasteiger partial charge in [0.25, 0.3) is 11.5 Å². The fraction of sp³-hybridized carbons (Fsp3) is 0.250. The molecule has 2 unspecified atom stereocenters. The molecule has 3 aliphatic rings. The van der Waals surface area contributed by atoms with Crippen LogP contribution in [0.1, 0.15) is 38.9 Å². The molecule has 23 nitrogen and oxygen atoms in total. The fourth-order valence-electron chi connectivity index (χ4n) is 6.35. The molecule has 2 aliphatic heterocycles. The number of amides is 1. The Bertz CT molecular complexity index is 2960. The normalized spacial score (nSPS) is 18.8. The van der Waals surface area contributed by atoms with E-state index in [0.29, 0.717) is 38.8 Å². The van der Waals surface area contributed by atoms with Crippen LogP contribution in [0.3, 0.4) is 0 Å². The van der Waals surface area contributed by atoms with Crippen LogP contribution in [-0.2, 0) is 31.6 Å². The molecular formula is C36H36N5O18P3. The van der Waals surface area contributed by atoms with Gasteiger partial charge in [0.15, 0.2) is 6.23 Å². The molecule has 1 saturated heterocycles. The highest BCUT2D eigenvalue weighted by Gasteiger charge is 2.43. The minimum absolute atomic E-state index is 0.0228. The van der Waals surface area contributed by atoms with Crippen molar-refractivity contribution in [1.29, 1.82) is 0 Å². The van der Waals surface area contributed by atoms with Crippen molar-refractivity contribution in [3.63, 3.8) is 0 Å². The van der Waals surface area contributed by atoms with Gasteiger partial charge in [0.05, 0.1) is 30.2 Å². The van der Waals surface area contributed by atoms with E-state index in [1.807, 2.05) is 42.2 Å². The predicted molar refractivity (Wildman–Crippen MR) is 216 cm³/mol. The summed E-state index contributed by atoms with van der Waals surface area (Å²) in [6.07, 6.45) is -3.71. The molecule has 26 heteroatoms. The number of nitrogens with zero attached hydrogens (tertiary/aromatic N) is 3. The number of ether oxygens (including phenoxy) is 1. The van der Waals surface area contributed by atoms with E-state index in [1.54, 1.807) is 25.2 Å². The number of rotatable bonds is 13. The molecule has 3 heterocycles. The molecule has 2 aromatic carbocycles. The highest BCUT2D eigenvalue weighted by molar-refractivity contribution is 7.66. The Morgan fingerprint density at radius 1 is 1.00 bits per heavy atom. The van der Waals surface area contributed by atoms with E-state index in [2.05, 4.69) is 35.3 Å². The van der Waals surface area contributed by atoms with E-state index in [4.69, 9.17) is 18.9 Å². The lowest BCUT2D eigenvalue weighted by Crippen LogP contribution is -2.36. The van der Waals surface area contributed by atoms with E-state index < -0.39 is 71.6 Å². The maximum Gasteiger partial charge on any atom is 0.490 e. The summed E-state index contributed by atoms with van der Waals surface area (Å²) in [6, 6.07) is 15.0. The number of benzene rings is 3. The number of aromatic carboxylic acids is 1. The molecule has 0 bridgehead atoms. The lowest BCUT2D eigenvalue weighted by molar-refractivity contribution is -0.0524. The number of carbonyl (C=O) groups excluding carboxylic acids is 1. The van der Waals surface area contributed by atoms with Gasteiger partial charge in [-0.3, -0.25) is 28.7 Å². The maximum absolute atomic E-state index is 13.2. The Labute approximate surface area is 348 Å². The van der Waals surface area contributed by atoms with Crippen molar-refractivity contribution in [3.8, 4) is 34.3 Å². The second-order valence-corrected chi connectivity index (χ2v) is 18.0. The summed E-state index contributed by atoms with van der Waals surface area (Å²) in [4.78, 5) is 95.7. The van der Waals surface area contributed by atoms with Crippen LogP contribution in [-0.4, -0.2) is 97.7 Å². The van der Waals surface area contributed by atoms with Gasteiger partial charge >= 0.3 is 35.1 Å². The number of carbonyl (C=O) groups is 2. The molecule has 0 saturated carbocycles. The molecule has 1 aliphatic carbocycles. The lowest BCUT2D eigenvalue weighted by atomic mass is 9.89. The number of nitrogens with one attached hydrogen (secondary N) is 2. The van der Waals surface area contributed by atoms with Crippen molar-refractivity contribution in [2.45, 2.75) is 24.9 Å². The van der Waals surface area contributed by atoms with Crippen LogP contribution in [0.25, 0.3) is 33.4 Å². The monoisotopic (exact) mass is 919 g/mol. The van der Waals surface area contributed by atoms with Crippen molar-refractivity contribution < 1.29 is 75.4 Å². The van der Waals surface area contributed by atoms with Gasteiger partial charge in [0.1, 0.15) is 23.0 Å². The van der Waals surface area contributed by atoms with Gasteiger partial charge in [-0.2, -0.15) is 8.62 Å². The minimum Gasteiger partial charge on any atom is -0.478 e. The Hall–Kier alpha value is -5.56. The zero-order valence-corrected chi connectivity index (χ0v) is 35.1. The number of aliphatic hydroxyl groups excluding tert-OH is 1. The van der Waals surface area contributed by atoms with Crippen LogP contribution in [0.4, 0.5) is 5.69 Å². The summed E-state index contributed by atoms with van der Waals surface area (Å²) < 4.78 is 58.8. The Morgan fingerprint density at radius 3 is 2.40 bits per heavy atom. The number of aliphatic hydroxyl groups is 1. The molecule has 8 N–H and O–H groups in total. The van der Waals surface area contributed by atoms with Crippen LogP contribution in [0, 0.1) is 11.8 Å². The fourth-order valence-corrected chi connectivity index (χ4v) is 9.40. The molecule has 3 aromatic rings. The van der Waals surface area contributed by atoms with Crippen LogP contribution in [0.5, 0.6) is 0 Å². The second kappa shape index (κ2) is 18.0. The first-order chi connectivity index (χ1) is 29.0. The number of hydrogen-bond acceptors (Lipinski definition) is 15. The third-order valence-electron chi connectivity index (χ3n) is 9.05. The Balaban J connectivity index is 1.17. The minimum atomic E-state index is -5.79. The third-order valence-corrected chi connectivity index (χ3v) is 12.9. The highest BCUT2D eigenvalue weighted by atomic mass is 31.3. The van der Waals surface area contributed by atoms with Gasteiger partial charge in [0, 0.05) is 73.7 Å². The SMILES string of the molecule is CN=c1ccc2c(-c3ccc(C(=O)NCC#Cc4cn([C@@H]5O[C@H](COP(=O)(O)OP(=O)(O)OP(=O)(O)O)C[C@H]5O)c(=O)[nH]c4=O)cc3C(=O)O)c3ccc(N(C)C)cc3oc-2c1. The van der Waals surface area contributed by atoms with Crippen LogP contribution < -0.4 is 26.8 Å². The van der Waals surface area contributed by atoms with Gasteiger partial charge < -0.3 is 49.2 Å². The number of carboxylic acids is 1. The number of hydrogen-bond donors (Lipinski definition) is 8. The molecule has 1 amide bonds. The summed E-state index contributed by atoms with van der Waals surface area (Å²) in [5.41, 5.74) is 0.280. The number of anilines is 1. The van der Waals surface area contributed by atoms with E-state index >= 15 is 0 Å². The summed E-state index contributed by atoms with van der Waals surface area (Å²) >= 11 is 0. The van der Waals surface area contributed by atoms with Crippen LogP contribution in [0.2, 0.25) is 0 Å². The summed E-state index contributed by atoms with van der Waals surface area (Å²) in [5.74, 6) is 3.48. The van der Waals surface area contributed by atoms with Gasteiger partial charge in [-0.15, -0.1) is 0 Å². The largest absolute Gasteiger partial charge is 0.490 e. The van der Waals surface area contributed by atoms with Crippen LogP contribution >= 0.6 is 23.5 Å². The third kappa shape index (κ3) is 10.7. The molecule has 0 radical (unpaired) electrons.